The second-order valence-electron chi connectivity index (χ2n) is 4.44. The Kier molecular flexibility index (Phi) is 2.55. The van der Waals surface area contributed by atoms with Gasteiger partial charge in [0, 0.05) is 6.20 Å². The van der Waals surface area contributed by atoms with E-state index in [1.165, 1.54) is 5.56 Å². The average Bonchev–Trinajstić information content (AvgIpc) is 2.18. The van der Waals surface area contributed by atoms with E-state index in [0.717, 1.165) is 18.5 Å². The zero-order valence-electron chi connectivity index (χ0n) is 8.77. The minimum absolute atomic E-state index is 0.361. The van der Waals surface area contributed by atoms with Gasteiger partial charge in [-0.1, -0.05) is 19.9 Å². The van der Waals surface area contributed by atoms with E-state index in [0.29, 0.717) is 11.8 Å². The number of aromatic nitrogens is 1. The zero-order chi connectivity index (χ0) is 10.1. The van der Waals surface area contributed by atoms with Crippen LogP contribution < -0.4 is 0 Å². The van der Waals surface area contributed by atoms with Gasteiger partial charge < -0.3 is 5.11 Å². The lowest BCUT2D eigenvalue weighted by atomic mass is 9.78. The van der Waals surface area contributed by atoms with E-state index < -0.39 is 0 Å². The van der Waals surface area contributed by atoms with Crippen LogP contribution in [0.15, 0.2) is 18.3 Å². The first-order valence-electron chi connectivity index (χ1n) is 5.32. The molecule has 0 fully saturated rings. The van der Waals surface area contributed by atoms with Crippen molar-refractivity contribution in [2.24, 2.45) is 11.8 Å². The first kappa shape index (κ1) is 9.66. The van der Waals surface area contributed by atoms with Crippen LogP contribution in [-0.4, -0.2) is 10.1 Å². The van der Waals surface area contributed by atoms with Crippen molar-refractivity contribution in [3.63, 3.8) is 0 Å². The van der Waals surface area contributed by atoms with Gasteiger partial charge in [-0.2, -0.15) is 0 Å². The van der Waals surface area contributed by atoms with E-state index in [2.05, 4.69) is 24.9 Å². The summed E-state index contributed by atoms with van der Waals surface area (Å²) in [4.78, 5) is 4.28. The largest absolute Gasteiger partial charge is 0.386 e. The molecular formula is C12H17NO. The number of hydrogen-bond donors (Lipinski definition) is 1. The molecule has 0 amide bonds. The fraction of sp³-hybridized carbons (Fsp3) is 0.583. The van der Waals surface area contributed by atoms with E-state index >= 15 is 0 Å². The molecule has 1 aromatic heterocycles. The molecule has 1 heterocycles. The Balaban J connectivity index is 2.31. The Labute approximate surface area is 85.0 Å². The van der Waals surface area contributed by atoms with E-state index in [9.17, 15) is 5.11 Å². The maximum Gasteiger partial charge on any atom is 0.0993 e. The Morgan fingerprint density at radius 3 is 3.00 bits per heavy atom. The Hall–Kier alpha value is -0.890. The van der Waals surface area contributed by atoms with Gasteiger partial charge in [-0.25, -0.2) is 0 Å². The minimum atomic E-state index is -0.361. The first-order valence-corrected chi connectivity index (χ1v) is 5.32. The Morgan fingerprint density at radius 1 is 1.50 bits per heavy atom. The summed E-state index contributed by atoms with van der Waals surface area (Å²) in [6, 6.07) is 4.02. The molecule has 0 saturated carbocycles. The summed E-state index contributed by atoms with van der Waals surface area (Å²) >= 11 is 0. The highest BCUT2D eigenvalue weighted by Crippen LogP contribution is 2.36. The molecule has 1 aliphatic carbocycles. The lowest BCUT2D eigenvalue weighted by molar-refractivity contribution is 0.0630. The van der Waals surface area contributed by atoms with Crippen LogP contribution in [0.1, 0.15) is 37.6 Å². The number of rotatable bonds is 1. The van der Waals surface area contributed by atoms with Crippen LogP contribution in [0, 0.1) is 11.8 Å². The summed E-state index contributed by atoms with van der Waals surface area (Å²) in [5.74, 6) is 0.901. The van der Waals surface area contributed by atoms with E-state index in [-0.39, 0.29) is 6.10 Å². The Morgan fingerprint density at radius 2 is 2.29 bits per heavy atom. The van der Waals surface area contributed by atoms with Gasteiger partial charge in [0.05, 0.1) is 11.8 Å². The molecule has 0 spiro atoms. The van der Waals surface area contributed by atoms with Crippen molar-refractivity contribution in [1.82, 2.24) is 4.98 Å². The topological polar surface area (TPSA) is 33.1 Å². The number of pyridine rings is 1. The van der Waals surface area contributed by atoms with Crippen LogP contribution in [-0.2, 0) is 6.42 Å². The van der Waals surface area contributed by atoms with Crippen molar-refractivity contribution < 1.29 is 5.11 Å². The maximum absolute atomic E-state index is 10.1. The molecule has 0 bridgehead atoms. The third-order valence-electron chi connectivity index (χ3n) is 3.22. The predicted octanol–water partition coefficient (Wildman–Crippen LogP) is 2.33. The lowest BCUT2D eigenvalue weighted by Crippen LogP contribution is -2.25. The van der Waals surface area contributed by atoms with Crippen LogP contribution in [0.2, 0.25) is 0 Å². The van der Waals surface area contributed by atoms with E-state index in [1.807, 2.05) is 6.07 Å². The van der Waals surface area contributed by atoms with Gasteiger partial charge >= 0.3 is 0 Å². The molecule has 14 heavy (non-hydrogen) atoms. The van der Waals surface area contributed by atoms with Crippen molar-refractivity contribution >= 4 is 0 Å². The normalized spacial score (nSPS) is 26.3. The fourth-order valence-corrected chi connectivity index (χ4v) is 2.31. The summed E-state index contributed by atoms with van der Waals surface area (Å²) in [5.41, 5.74) is 2.12. The molecule has 0 radical (unpaired) electrons. The third kappa shape index (κ3) is 1.55. The zero-order valence-corrected chi connectivity index (χ0v) is 8.77. The quantitative estimate of drug-likeness (QED) is 0.739. The highest BCUT2D eigenvalue weighted by atomic mass is 16.3. The maximum atomic E-state index is 10.1. The second-order valence-corrected chi connectivity index (χ2v) is 4.44. The van der Waals surface area contributed by atoms with E-state index in [1.54, 1.807) is 6.20 Å². The lowest BCUT2D eigenvalue weighted by Gasteiger charge is -2.31. The van der Waals surface area contributed by atoms with Crippen molar-refractivity contribution in [1.29, 1.82) is 0 Å². The standard InChI is InChI=1S/C12H17NO/c1-8(2)10-6-5-9-4-3-7-13-11(9)12(10)14/h3-4,7-8,10,12,14H,5-6H2,1-2H3. The highest BCUT2D eigenvalue weighted by molar-refractivity contribution is 5.25. The molecule has 76 valence electrons. The van der Waals surface area contributed by atoms with Gasteiger partial charge in [0.1, 0.15) is 0 Å². The van der Waals surface area contributed by atoms with Gasteiger partial charge in [-0.05, 0) is 36.3 Å². The SMILES string of the molecule is CC(C)C1CCc2cccnc2C1O. The van der Waals surface area contributed by atoms with Crippen molar-refractivity contribution in [2.45, 2.75) is 32.8 Å². The number of hydrogen-bond acceptors (Lipinski definition) is 2. The molecule has 1 aromatic rings. The summed E-state index contributed by atoms with van der Waals surface area (Å²) in [6.07, 6.45) is 3.55. The van der Waals surface area contributed by atoms with Gasteiger partial charge in [0.2, 0.25) is 0 Å². The first-order chi connectivity index (χ1) is 6.70. The van der Waals surface area contributed by atoms with Crippen molar-refractivity contribution in [2.75, 3.05) is 0 Å². The van der Waals surface area contributed by atoms with Crippen molar-refractivity contribution in [3.8, 4) is 0 Å². The van der Waals surface area contributed by atoms with Gasteiger partial charge in [0.25, 0.3) is 0 Å². The number of aliphatic hydroxyl groups is 1. The number of nitrogens with zero attached hydrogens (tertiary/aromatic N) is 1. The van der Waals surface area contributed by atoms with Crippen LogP contribution in [0.5, 0.6) is 0 Å². The van der Waals surface area contributed by atoms with E-state index in [4.69, 9.17) is 0 Å². The highest BCUT2D eigenvalue weighted by Gasteiger charge is 2.30. The van der Waals surface area contributed by atoms with Crippen molar-refractivity contribution in [3.05, 3.63) is 29.6 Å². The molecule has 2 atom stereocenters. The summed E-state index contributed by atoms with van der Waals surface area (Å²) in [6.45, 7) is 4.34. The number of aryl methyl sites for hydroxylation is 1. The monoisotopic (exact) mass is 191 g/mol. The second kappa shape index (κ2) is 3.70. The van der Waals surface area contributed by atoms with Gasteiger partial charge in [-0.15, -0.1) is 0 Å². The molecule has 1 N–H and O–H groups in total. The molecule has 0 aliphatic heterocycles. The molecule has 2 nitrogen and oxygen atoms in total. The summed E-state index contributed by atoms with van der Waals surface area (Å²) in [7, 11) is 0. The molecule has 0 saturated heterocycles. The number of fused-ring (bicyclic) bond motifs is 1. The molecule has 1 aliphatic rings. The molecule has 2 rings (SSSR count). The summed E-state index contributed by atoms with van der Waals surface area (Å²) in [5, 5.41) is 10.1. The van der Waals surface area contributed by atoms with Crippen LogP contribution in [0.3, 0.4) is 0 Å². The molecule has 2 unspecified atom stereocenters. The summed E-state index contributed by atoms with van der Waals surface area (Å²) < 4.78 is 0. The predicted molar refractivity (Wildman–Crippen MR) is 55.8 cm³/mol. The Bertz CT molecular complexity index is 322. The minimum Gasteiger partial charge on any atom is -0.386 e. The fourth-order valence-electron chi connectivity index (χ4n) is 2.31. The molecule has 2 heteroatoms. The molecular weight excluding hydrogens is 174 g/mol. The van der Waals surface area contributed by atoms with Gasteiger partial charge in [0.15, 0.2) is 0 Å². The van der Waals surface area contributed by atoms with Crippen LogP contribution in [0.25, 0.3) is 0 Å². The van der Waals surface area contributed by atoms with Crippen LogP contribution in [0.4, 0.5) is 0 Å². The molecule has 0 aromatic carbocycles. The smallest absolute Gasteiger partial charge is 0.0993 e. The third-order valence-corrected chi connectivity index (χ3v) is 3.22. The number of aliphatic hydroxyl groups excluding tert-OH is 1. The van der Waals surface area contributed by atoms with Gasteiger partial charge in [-0.3, -0.25) is 4.98 Å². The average molecular weight is 191 g/mol. The van der Waals surface area contributed by atoms with Crippen LogP contribution >= 0.6 is 0 Å².